The molecule has 0 saturated carbocycles. The Morgan fingerprint density at radius 2 is 1.34 bits per heavy atom. The second-order valence-electron chi connectivity index (χ2n) is 14.2. The molecule has 3 aromatic heterocycles. The lowest BCUT2D eigenvalue weighted by molar-refractivity contribution is 0.120. The highest BCUT2D eigenvalue weighted by Crippen LogP contribution is 2.43. The summed E-state index contributed by atoms with van der Waals surface area (Å²) in [6, 6.07) is 29.0. The summed E-state index contributed by atoms with van der Waals surface area (Å²) >= 11 is 0. The average Bonchev–Trinajstić information content (AvgIpc) is 3.93. The Morgan fingerprint density at radius 3 is 1.90 bits per heavy atom. The quantitative estimate of drug-likeness (QED) is 0.140. The third-order valence-corrected chi connectivity index (χ3v) is 14.7. The van der Waals surface area contributed by atoms with Gasteiger partial charge in [0.1, 0.15) is 33.0 Å². The van der Waals surface area contributed by atoms with E-state index in [0.717, 1.165) is 10.5 Å². The number of imidazole rings is 1. The minimum atomic E-state index is -4.90. The third kappa shape index (κ3) is 7.97. The summed E-state index contributed by atoms with van der Waals surface area (Å²) < 4.78 is 82.2. The number of likely N-dealkylation sites (tertiary alicyclic amines) is 1. The zero-order valence-corrected chi connectivity index (χ0v) is 34.8. The van der Waals surface area contributed by atoms with Crippen LogP contribution in [0.3, 0.4) is 0 Å². The lowest BCUT2D eigenvalue weighted by atomic mass is 10.0. The maximum absolute atomic E-state index is 16.0. The van der Waals surface area contributed by atoms with Crippen LogP contribution in [0, 0.1) is 0 Å². The van der Waals surface area contributed by atoms with Crippen LogP contribution in [0.1, 0.15) is 16.7 Å². The Labute approximate surface area is 351 Å². The van der Waals surface area contributed by atoms with E-state index in [0.29, 0.717) is 45.3 Å². The van der Waals surface area contributed by atoms with E-state index in [1.807, 2.05) is 12.1 Å². The van der Waals surface area contributed by atoms with E-state index < -0.39 is 41.0 Å². The summed E-state index contributed by atoms with van der Waals surface area (Å²) in [5.41, 5.74) is 3.15. The number of sulfone groups is 1. The molecular formula is C42H40N8O9S2. The van der Waals surface area contributed by atoms with E-state index in [9.17, 15) is 18.3 Å². The number of carbonyl (C=O) groups is 1. The van der Waals surface area contributed by atoms with Gasteiger partial charge in [-0.3, -0.25) is 4.40 Å². The average molecular weight is 865 g/mol. The predicted octanol–water partition coefficient (Wildman–Crippen LogP) is 5.26. The van der Waals surface area contributed by atoms with Gasteiger partial charge in [-0.15, -0.1) is 5.10 Å². The number of amides is 1. The molecule has 4 heterocycles. The fourth-order valence-electron chi connectivity index (χ4n) is 7.23. The van der Waals surface area contributed by atoms with Crippen LogP contribution in [0.25, 0.3) is 28.3 Å². The number of hydrogen-bond acceptors (Lipinski definition) is 12. The molecule has 8 rings (SSSR count). The van der Waals surface area contributed by atoms with Crippen molar-refractivity contribution in [2.45, 2.75) is 34.7 Å². The second kappa shape index (κ2) is 16.7. The molecule has 0 radical (unpaired) electrons. The van der Waals surface area contributed by atoms with Gasteiger partial charge in [-0.2, -0.15) is 4.31 Å². The van der Waals surface area contributed by atoms with E-state index in [-0.39, 0.29) is 44.1 Å². The molecule has 1 aliphatic heterocycles. The molecule has 61 heavy (non-hydrogen) atoms. The molecule has 1 saturated heterocycles. The van der Waals surface area contributed by atoms with Crippen molar-refractivity contribution >= 4 is 31.6 Å². The Kier molecular flexibility index (Phi) is 11.2. The first-order valence-corrected chi connectivity index (χ1v) is 21.9. The van der Waals surface area contributed by atoms with E-state index in [2.05, 4.69) is 20.5 Å². The summed E-state index contributed by atoms with van der Waals surface area (Å²) in [6.45, 7) is -1.01. The maximum atomic E-state index is 16.0. The number of pyridine rings is 1. The molecule has 1 amide bonds. The van der Waals surface area contributed by atoms with Gasteiger partial charge in [0.05, 0.1) is 44.0 Å². The Hall–Kier alpha value is -6.83. The number of benzene rings is 4. The fourth-order valence-corrected chi connectivity index (χ4v) is 11.3. The molecule has 0 spiro atoms. The molecule has 4 aromatic carbocycles. The van der Waals surface area contributed by atoms with Crippen LogP contribution >= 0.6 is 0 Å². The number of ether oxygens (including phenoxy) is 3. The number of fused-ring (bicyclic) bond motifs is 1. The van der Waals surface area contributed by atoms with Gasteiger partial charge in [0.25, 0.3) is 0 Å². The van der Waals surface area contributed by atoms with E-state index in [4.69, 9.17) is 14.2 Å². The van der Waals surface area contributed by atoms with Crippen molar-refractivity contribution in [3.63, 3.8) is 0 Å². The van der Waals surface area contributed by atoms with Gasteiger partial charge in [0.2, 0.25) is 10.0 Å². The van der Waals surface area contributed by atoms with Gasteiger partial charge in [0.15, 0.2) is 15.7 Å². The highest BCUT2D eigenvalue weighted by Gasteiger charge is 2.45. The van der Waals surface area contributed by atoms with Crippen molar-refractivity contribution < 1.29 is 40.9 Å². The molecule has 7 aromatic rings. The van der Waals surface area contributed by atoms with Gasteiger partial charge < -0.3 is 24.2 Å². The first kappa shape index (κ1) is 40.9. The van der Waals surface area contributed by atoms with Crippen LogP contribution in [0.15, 0.2) is 125 Å². The van der Waals surface area contributed by atoms with Crippen molar-refractivity contribution in [2.75, 3.05) is 34.4 Å². The van der Waals surface area contributed by atoms with Gasteiger partial charge in [-0.05, 0) is 81.7 Å². The molecule has 1 aliphatic rings. The summed E-state index contributed by atoms with van der Waals surface area (Å²) in [4.78, 5) is 16.1. The number of sulfonamides is 1. The maximum Gasteiger partial charge on any atom is 0.407 e. The van der Waals surface area contributed by atoms with Crippen LogP contribution in [0.2, 0.25) is 0 Å². The Bertz CT molecular complexity index is 2880. The van der Waals surface area contributed by atoms with Crippen LogP contribution in [0.5, 0.6) is 17.2 Å². The Morgan fingerprint density at radius 1 is 0.770 bits per heavy atom. The smallest absolute Gasteiger partial charge is 0.407 e. The number of methoxy groups -OCH3 is 3. The molecule has 0 aliphatic carbocycles. The van der Waals surface area contributed by atoms with Crippen LogP contribution in [-0.4, -0.2) is 107 Å². The van der Waals surface area contributed by atoms with E-state index >= 15 is 8.42 Å². The normalized spacial score (nSPS) is 13.3. The van der Waals surface area contributed by atoms with E-state index in [1.165, 1.54) is 35.3 Å². The zero-order chi connectivity index (χ0) is 42.9. The molecule has 17 nitrogen and oxygen atoms in total. The van der Waals surface area contributed by atoms with Crippen LogP contribution < -0.4 is 14.2 Å². The summed E-state index contributed by atoms with van der Waals surface area (Å²) in [7, 11) is -4.86. The van der Waals surface area contributed by atoms with Crippen molar-refractivity contribution in [1.82, 2.24) is 38.8 Å². The van der Waals surface area contributed by atoms with Crippen molar-refractivity contribution in [1.29, 1.82) is 0 Å². The number of tetrazole rings is 1. The highest BCUT2D eigenvalue weighted by molar-refractivity contribution is 7.94. The molecular weight excluding hydrogens is 825 g/mol. The Balaban J connectivity index is 1.41. The second-order valence-corrected chi connectivity index (χ2v) is 18.3. The SMILES string of the molecule is COc1ccc(CN(Cc2ccc(OC)cc2)S(=O)(=O)c2c(S(=O)(=O)C3CN(C(=O)O)C3)ccc(-c3cccc4nccn34)c2-c2nnnn2Cc2ccc(OC)cc2)cc1. The molecule has 1 fully saturated rings. The zero-order valence-electron chi connectivity index (χ0n) is 33.2. The lowest BCUT2D eigenvalue weighted by Gasteiger charge is -2.37. The van der Waals surface area contributed by atoms with Crippen molar-refractivity contribution in [3.05, 3.63) is 132 Å². The minimum Gasteiger partial charge on any atom is -0.497 e. The number of rotatable bonds is 15. The summed E-state index contributed by atoms with van der Waals surface area (Å²) in [5.74, 6) is 1.71. The number of hydrogen-bond donors (Lipinski definition) is 1. The lowest BCUT2D eigenvalue weighted by Crippen LogP contribution is -2.56. The number of aromatic nitrogens is 6. The number of nitrogens with zero attached hydrogens (tertiary/aromatic N) is 8. The van der Waals surface area contributed by atoms with Gasteiger partial charge in [0, 0.05) is 44.1 Å². The monoisotopic (exact) mass is 864 g/mol. The third-order valence-electron chi connectivity index (χ3n) is 10.6. The molecule has 314 valence electrons. The predicted molar refractivity (Wildman–Crippen MR) is 223 cm³/mol. The first-order chi connectivity index (χ1) is 29.4. The van der Waals surface area contributed by atoms with Crippen molar-refractivity contribution in [3.8, 4) is 39.9 Å². The standard InChI is InChI=1S/C42H40N8O9S2/c1-57-31-13-7-28(8-14-31)23-48(24-29-9-15-32(58-2)16-10-29)61(55,56)40-37(60(53,54)34-26-47(27-34)42(51)52)20-19-35(36-5-4-6-38-43-21-22-49(36)38)39(40)41-44-45-46-50(41)25-30-11-17-33(59-3)18-12-30/h4-22,34H,23-27H2,1-3H3,(H,51,52). The van der Waals surface area contributed by atoms with Crippen LogP contribution in [-0.2, 0) is 39.5 Å². The largest absolute Gasteiger partial charge is 0.497 e. The van der Waals surface area contributed by atoms with Gasteiger partial charge in [-0.1, -0.05) is 48.5 Å². The molecule has 19 heteroatoms. The van der Waals surface area contributed by atoms with Crippen molar-refractivity contribution in [2.24, 2.45) is 0 Å². The van der Waals surface area contributed by atoms with Gasteiger partial charge >= 0.3 is 6.09 Å². The van der Waals surface area contributed by atoms with E-state index in [1.54, 1.807) is 103 Å². The van der Waals surface area contributed by atoms with Gasteiger partial charge in [-0.25, -0.2) is 31.3 Å². The first-order valence-electron chi connectivity index (χ1n) is 18.9. The minimum absolute atomic E-state index is 0.0341. The molecule has 0 bridgehead atoms. The van der Waals surface area contributed by atoms with Crippen LogP contribution in [0.4, 0.5) is 4.79 Å². The fraction of sp³-hybridized carbons (Fsp3) is 0.214. The summed E-state index contributed by atoms with van der Waals surface area (Å²) in [5, 5.41) is 21.1. The molecule has 1 N–H and O–H groups in total. The molecule has 0 atom stereocenters. The summed E-state index contributed by atoms with van der Waals surface area (Å²) in [6.07, 6.45) is 2.02. The topological polar surface area (TPSA) is 201 Å². The number of carboxylic acid groups (broad SMARTS) is 1. The molecule has 0 unspecified atom stereocenters. The highest BCUT2D eigenvalue weighted by atomic mass is 32.2.